The first-order valence-corrected chi connectivity index (χ1v) is 11.8. The SMILES string of the molecule is C#CCOC[C@H](O)CN(Cc1c(-c2ccccc2)nn(C)c1Oc1cccc(OC)c1)CC(C)C. The van der Waals surface area contributed by atoms with Gasteiger partial charge in [-0.05, 0) is 18.1 Å². The van der Waals surface area contributed by atoms with Crippen LogP contribution in [0, 0.1) is 18.3 Å². The summed E-state index contributed by atoms with van der Waals surface area (Å²) in [6, 6.07) is 17.5. The second-order valence-electron chi connectivity index (χ2n) is 8.86. The van der Waals surface area contributed by atoms with E-state index < -0.39 is 6.10 Å². The molecule has 0 amide bonds. The molecule has 0 aliphatic rings. The normalized spacial score (nSPS) is 12.1. The maximum Gasteiger partial charge on any atom is 0.222 e. The molecule has 7 nitrogen and oxygen atoms in total. The monoisotopic (exact) mass is 477 g/mol. The number of aryl methyl sites for hydroxylation is 1. The first-order valence-electron chi connectivity index (χ1n) is 11.8. The Morgan fingerprint density at radius 2 is 1.83 bits per heavy atom. The molecule has 3 rings (SSSR count). The summed E-state index contributed by atoms with van der Waals surface area (Å²) in [6.45, 7) is 6.44. The summed E-state index contributed by atoms with van der Waals surface area (Å²) in [6.07, 6.45) is 4.59. The molecule has 1 heterocycles. The number of ether oxygens (including phenoxy) is 3. The lowest BCUT2D eigenvalue weighted by molar-refractivity contribution is 0.0237. The zero-order valence-electron chi connectivity index (χ0n) is 21.0. The van der Waals surface area contributed by atoms with E-state index >= 15 is 0 Å². The Morgan fingerprint density at radius 3 is 2.51 bits per heavy atom. The lowest BCUT2D eigenvalue weighted by Crippen LogP contribution is -2.37. The van der Waals surface area contributed by atoms with Crippen molar-refractivity contribution in [2.75, 3.05) is 33.4 Å². The number of terminal acetylenes is 1. The second-order valence-corrected chi connectivity index (χ2v) is 8.86. The van der Waals surface area contributed by atoms with Gasteiger partial charge in [-0.3, -0.25) is 4.90 Å². The molecule has 0 saturated carbocycles. The molecule has 3 aromatic rings. The van der Waals surface area contributed by atoms with E-state index in [1.165, 1.54) is 0 Å². The van der Waals surface area contributed by atoms with Crippen molar-refractivity contribution in [2.45, 2.75) is 26.5 Å². The smallest absolute Gasteiger partial charge is 0.222 e. The molecule has 0 unspecified atom stereocenters. The molecule has 0 fully saturated rings. The number of aliphatic hydroxyl groups excluding tert-OH is 1. The quantitative estimate of drug-likeness (QED) is 0.292. The predicted molar refractivity (Wildman–Crippen MR) is 137 cm³/mol. The van der Waals surface area contributed by atoms with Gasteiger partial charge in [0.05, 0.1) is 25.4 Å². The van der Waals surface area contributed by atoms with E-state index in [0.717, 1.165) is 23.4 Å². The highest BCUT2D eigenvalue weighted by molar-refractivity contribution is 5.65. The topological polar surface area (TPSA) is 69.0 Å². The number of aliphatic hydroxyl groups is 1. The Bertz CT molecular complexity index is 1110. The van der Waals surface area contributed by atoms with Crippen molar-refractivity contribution in [3.05, 3.63) is 60.2 Å². The summed E-state index contributed by atoms with van der Waals surface area (Å²) in [5.41, 5.74) is 2.79. The van der Waals surface area contributed by atoms with E-state index in [4.69, 9.17) is 25.7 Å². The highest BCUT2D eigenvalue weighted by atomic mass is 16.5. The Kier molecular flexibility index (Phi) is 9.74. The van der Waals surface area contributed by atoms with Crippen LogP contribution in [0.3, 0.4) is 0 Å². The zero-order chi connectivity index (χ0) is 25.2. The van der Waals surface area contributed by atoms with Crippen LogP contribution in [0.2, 0.25) is 0 Å². The van der Waals surface area contributed by atoms with Crippen LogP contribution in [-0.2, 0) is 18.3 Å². The maximum absolute atomic E-state index is 10.6. The highest BCUT2D eigenvalue weighted by Gasteiger charge is 2.24. The van der Waals surface area contributed by atoms with Crippen molar-refractivity contribution in [3.63, 3.8) is 0 Å². The van der Waals surface area contributed by atoms with Gasteiger partial charge in [-0.2, -0.15) is 5.10 Å². The van der Waals surface area contributed by atoms with E-state index in [-0.39, 0.29) is 13.2 Å². The van der Waals surface area contributed by atoms with Crippen molar-refractivity contribution >= 4 is 0 Å². The molecule has 186 valence electrons. The first kappa shape index (κ1) is 26.3. The average molecular weight is 478 g/mol. The molecule has 0 bridgehead atoms. The van der Waals surface area contributed by atoms with Crippen LogP contribution >= 0.6 is 0 Å². The van der Waals surface area contributed by atoms with E-state index in [1.54, 1.807) is 11.8 Å². The number of benzene rings is 2. The highest BCUT2D eigenvalue weighted by Crippen LogP contribution is 2.35. The zero-order valence-corrected chi connectivity index (χ0v) is 21.0. The molecule has 0 aliphatic heterocycles. The average Bonchev–Trinajstić information content (AvgIpc) is 3.14. The minimum Gasteiger partial charge on any atom is -0.497 e. The molecule has 1 atom stereocenters. The van der Waals surface area contributed by atoms with Crippen LogP contribution in [0.25, 0.3) is 11.3 Å². The molecule has 1 N–H and O–H groups in total. The maximum atomic E-state index is 10.6. The number of hydrogen-bond donors (Lipinski definition) is 1. The van der Waals surface area contributed by atoms with Gasteiger partial charge in [0, 0.05) is 38.3 Å². The van der Waals surface area contributed by atoms with Crippen LogP contribution < -0.4 is 9.47 Å². The summed E-state index contributed by atoms with van der Waals surface area (Å²) >= 11 is 0. The molecule has 1 aromatic heterocycles. The molecule has 0 saturated heterocycles. The Morgan fingerprint density at radius 1 is 1.09 bits per heavy atom. The molecule has 0 radical (unpaired) electrons. The van der Waals surface area contributed by atoms with Gasteiger partial charge >= 0.3 is 0 Å². The second kappa shape index (κ2) is 13.0. The van der Waals surface area contributed by atoms with Gasteiger partial charge in [0.1, 0.15) is 23.8 Å². The van der Waals surface area contributed by atoms with Gasteiger partial charge in [-0.25, -0.2) is 4.68 Å². The van der Waals surface area contributed by atoms with Crippen LogP contribution in [0.15, 0.2) is 54.6 Å². The Labute approximate surface area is 208 Å². The van der Waals surface area contributed by atoms with Gasteiger partial charge in [-0.15, -0.1) is 6.42 Å². The van der Waals surface area contributed by atoms with Gasteiger partial charge in [0.2, 0.25) is 5.88 Å². The molecular formula is C28H35N3O4. The fourth-order valence-corrected chi connectivity index (χ4v) is 3.98. The Balaban J connectivity index is 1.96. The third kappa shape index (κ3) is 7.59. The standard InChI is InChI=1S/C28H35N3O4/c1-6-15-34-20-23(32)18-31(17-21(2)3)19-26-27(22-11-8-7-9-12-22)29-30(4)28(26)35-25-14-10-13-24(16-25)33-5/h1,7-14,16,21,23,32H,15,17-20H2,2-5H3/t23-/m1/s1. The number of aromatic nitrogens is 2. The van der Waals surface area contributed by atoms with Crippen molar-refractivity contribution < 1.29 is 19.3 Å². The predicted octanol–water partition coefficient (Wildman–Crippen LogP) is 4.36. The summed E-state index contributed by atoms with van der Waals surface area (Å²) in [5.74, 6) is 4.84. The lowest BCUT2D eigenvalue weighted by Gasteiger charge is -2.27. The Hall–Kier alpha value is -3.31. The van der Waals surface area contributed by atoms with Crippen LogP contribution in [0.1, 0.15) is 19.4 Å². The van der Waals surface area contributed by atoms with E-state index in [1.807, 2.05) is 61.6 Å². The van der Waals surface area contributed by atoms with Gasteiger partial charge < -0.3 is 19.3 Å². The fraction of sp³-hybridized carbons (Fsp3) is 0.393. The van der Waals surface area contributed by atoms with Crippen LogP contribution in [0.5, 0.6) is 17.4 Å². The van der Waals surface area contributed by atoms with Gasteiger partial charge in [-0.1, -0.05) is 56.2 Å². The van der Waals surface area contributed by atoms with Crippen molar-refractivity contribution in [3.8, 4) is 41.0 Å². The number of hydrogen-bond acceptors (Lipinski definition) is 6. The third-order valence-electron chi connectivity index (χ3n) is 5.36. The molecule has 0 spiro atoms. The minimum absolute atomic E-state index is 0.181. The van der Waals surface area contributed by atoms with Crippen LogP contribution in [0.4, 0.5) is 0 Å². The summed E-state index contributed by atoms with van der Waals surface area (Å²) in [7, 11) is 3.51. The summed E-state index contributed by atoms with van der Waals surface area (Å²) in [4.78, 5) is 2.20. The van der Waals surface area contributed by atoms with Crippen molar-refractivity contribution in [2.24, 2.45) is 13.0 Å². The van der Waals surface area contributed by atoms with Crippen molar-refractivity contribution in [1.82, 2.24) is 14.7 Å². The minimum atomic E-state index is -0.665. The summed E-state index contributed by atoms with van der Waals surface area (Å²) in [5, 5.41) is 15.4. The fourth-order valence-electron chi connectivity index (χ4n) is 3.98. The molecule has 35 heavy (non-hydrogen) atoms. The third-order valence-corrected chi connectivity index (χ3v) is 5.36. The largest absolute Gasteiger partial charge is 0.497 e. The van der Waals surface area contributed by atoms with Crippen LogP contribution in [-0.4, -0.2) is 59.3 Å². The molecule has 2 aromatic carbocycles. The number of nitrogens with zero attached hydrogens (tertiary/aromatic N) is 3. The van der Waals surface area contributed by atoms with E-state index in [2.05, 4.69) is 24.7 Å². The van der Waals surface area contributed by atoms with E-state index in [0.29, 0.717) is 36.4 Å². The van der Waals surface area contributed by atoms with Gasteiger partial charge in [0.25, 0.3) is 0 Å². The number of rotatable bonds is 13. The first-order chi connectivity index (χ1) is 16.9. The lowest BCUT2D eigenvalue weighted by atomic mass is 10.1. The van der Waals surface area contributed by atoms with Crippen molar-refractivity contribution in [1.29, 1.82) is 0 Å². The van der Waals surface area contributed by atoms with Gasteiger partial charge in [0.15, 0.2) is 0 Å². The molecule has 0 aliphatic carbocycles. The summed E-state index contributed by atoms with van der Waals surface area (Å²) < 4.78 is 18.8. The molecular weight excluding hydrogens is 442 g/mol. The van der Waals surface area contributed by atoms with E-state index in [9.17, 15) is 5.11 Å². The molecule has 7 heteroatoms. The number of methoxy groups -OCH3 is 1.